The molecule has 1 heterocycles. The smallest absolute Gasteiger partial charge is 0.0441 e. The van der Waals surface area contributed by atoms with Crippen LogP contribution in [0, 0.1) is 0 Å². The molecule has 1 heteroatoms. The zero-order valence-electron chi connectivity index (χ0n) is 7.33. The molecule has 1 aliphatic rings. The first kappa shape index (κ1) is 7.41. The number of rotatable bonds is 1. The van der Waals surface area contributed by atoms with E-state index < -0.39 is 0 Å². The average molecular weight is 159 g/mol. The van der Waals surface area contributed by atoms with Crippen LogP contribution in [-0.2, 0) is 6.42 Å². The first-order chi connectivity index (χ1) is 5.92. The highest BCUT2D eigenvalue weighted by molar-refractivity contribution is 5.58. The van der Waals surface area contributed by atoms with Crippen molar-refractivity contribution in [1.29, 1.82) is 0 Å². The van der Waals surface area contributed by atoms with Crippen LogP contribution in [0.5, 0.6) is 0 Å². The molecule has 0 fully saturated rings. The SMILES string of the molecule is CCN1C=CCc2ccccc21. The minimum Gasteiger partial charge on any atom is -0.348 e. The summed E-state index contributed by atoms with van der Waals surface area (Å²) in [5, 5.41) is 0. The lowest BCUT2D eigenvalue weighted by Crippen LogP contribution is -2.18. The van der Waals surface area contributed by atoms with Crippen LogP contribution in [-0.4, -0.2) is 6.54 Å². The highest BCUT2D eigenvalue weighted by atomic mass is 15.1. The highest BCUT2D eigenvalue weighted by Gasteiger charge is 2.08. The van der Waals surface area contributed by atoms with Crippen molar-refractivity contribution in [3.8, 4) is 0 Å². The zero-order chi connectivity index (χ0) is 8.39. The molecule has 0 atom stereocenters. The fourth-order valence-electron chi connectivity index (χ4n) is 1.63. The summed E-state index contributed by atoms with van der Waals surface area (Å²) >= 11 is 0. The second-order valence-corrected chi connectivity index (χ2v) is 3.00. The number of para-hydroxylation sites is 1. The number of hydrogen-bond donors (Lipinski definition) is 0. The number of benzene rings is 1. The van der Waals surface area contributed by atoms with Crippen molar-refractivity contribution in [2.45, 2.75) is 13.3 Å². The van der Waals surface area contributed by atoms with Crippen molar-refractivity contribution in [3.63, 3.8) is 0 Å². The number of nitrogens with zero attached hydrogens (tertiary/aromatic N) is 1. The molecule has 62 valence electrons. The molecule has 0 saturated heterocycles. The maximum absolute atomic E-state index is 2.28. The van der Waals surface area contributed by atoms with Gasteiger partial charge in [-0.3, -0.25) is 0 Å². The molecule has 0 unspecified atom stereocenters. The van der Waals surface area contributed by atoms with Crippen molar-refractivity contribution in [3.05, 3.63) is 42.1 Å². The van der Waals surface area contributed by atoms with Gasteiger partial charge >= 0.3 is 0 Å². The van der Waals surface area contributed by atoms with E-state index in [-0.39, 0.29) is 0 Å². The minimum absolute atomic E-state index is 1.05. The molecule has 0 N–H and O–H groups in total. The molecule has 1 nitrogen and oxygen atoms in total. The molecule has 1 aromatic rings. The van der Waals surface area contributed by atoms with Gasteiger partial charge in [0.2, 0.25) is 0 Å². The molecule has 1 aliphatic heterocycles. The summed E-state index contributed by atoms with van der Waals surface area (Å²) < 4.78 is 0. The van der Waals surface area contributed by atoms with Gasteiger partial charge in [-0.05, 0) is 25.0 Å². The van der Waals surface area contributed by atoms with Crippen LogP contribution in [0.1, 0.15) is 12.5 Å². The lowest BCUT2D eigenvalue weighted by Gasteiger charge is -2.24. The van der Waals surface area contributed by atoms with E-state index in [1.54, 1.807) is 0 Å². The van der Waals surface area contributed by atoms with Gasteiger partial charge < -0.3 is 4.90 Å². The van der Waals surface area contributed by atoms with E-state index in [1.807, 2.05) is 0 Å². The topological polar surface area (TPSA) is 3.24 Å². The Morgan fingerprint density at radius 2 is 2.17 bits per heavy atom. The Hall–Kier alpha value is -1.24. The predicted octanol–water partition coefficient (Wildman–Crippen LogP) is 2.58. The van der Waals surface area contributed by atoms with E-state index in [2.05, 4.69) is 48.4 Å². The molecule has 2 rings (SSSR count). The van der Waals surface area contributed by atoms with Crippen molar-refractivity contribution < 1.29 is 0 Å². The summed E-state index contributed by atoms with van der Waals surface area (Å²) in [7, 11) is 0. The Kier molecular flexibility index (Phi) is 1.86. The van der Waals surface area contributed by atoms with Gasteiger partial charge in [0, 0.05) is 18.4 Å². The Morgan fingerprint density at radius 3 is 3.00 bits per heavy atom. The van der Waals surface area contributed by atoms with Gasteiger partial charge in [0.25, 0.3) is 0 Å². The summed E-state index contributed by atoms with van der Waals surface area (Å²) in [6.07, 6.45) is 5.46. The maximum atomic E-state index is 2.28. The van der Waals surface area contributed by atoms with Crippen molar-refractivity contribution >= 4 is 5.69 Å². The van der Waals surface area contributed by atoms with E-state index in [0.717, 1.165) is 13.0 Å². The molecular weight excluding hydrogens is 146 g/mol. The normalized spacial score (nSPS) is 14.6. The van der Waals surface area contributed by atoms with Gasteiger partial charge in [-0.1, -0.05) is 24.3 Å². The van der Waals surface area contributed by atoms with Crippen LogP contribution in [0.25, 0.3) is 0 Å². The van der Waals surface area contributed by atoms with E-state index in [1.165, 1.54) is 11.3 Å². The maximum Gasteiger partial charge on any atom is 0.0441 e. The van der Waals surface area contributed by atoms with Crippen LogP contribution in [0.15, 0.2) is 36.5 Å². The summed E-state index contributed by atoms with van der Waals surface area (Å²) in [5.41, 5.74) is 2.80. The summed E-state index contributed by atoms with van der Waals surface area (Å²) in [6, 6.07) is 8.58. The van der Waals surface area contributed by atoms with Crippen LogP contribution in [0.2, 0.25) is 0 Å². The molecule has 0 bridgehead atoms. The average Bonchev–Trinajstić information content (AvgIpc) is 2.17. The summed E-state index contributed by atoms with van der Waals surface area (Å²) in [5.74, 6) is 0. The van der Waals surface area contributed by atoms with Crippen molar-refractivity contribution in [2.75, 3.05) is 11.4 Å². The quantitative estimate of drug-likeness (QED) is 0.608. The molecule has 0 saturated carbocycles. The minimum atomic E-state index is 1.05. The van der Waals surface area contributed by atoms with E-state index in [9.17, 15) is 0 Å². The second kappa shape index (κ2) is 3.02. The molecular formula is C11H13N. The monoisotopic (exact) mass is 159 g/mol. The molecule has 0 radical (unpaired) electrons. The summed E-state index contributed by atoms with van der Waals surface area (Å²) in [6.45, 7) is 3.22. The molecule has 0 amide bonds. The molecule has 0 aromatic heterocycles. The van der Waals surface area contributed by atoms with Crippen LogP contribution in [0.3, 0.4) is 0 Å². The fraction of sp³-hybridized carbons (Fsp3) is 0.273. The second-order valence-electron chi connectivity index (χ2n) is 3.00. The van der Waals surface area contributed by atoms with Crippen molar-refractivity contribution in [1.82, 2.24) is 0 Å². The largest absolute Gasteiger partial charge is 0.348 e. The predicted molar refractivity (Wildman–Crippen MR) is 52.3 cm³/mol. The van der Waals surface area contributed by atoms with Crippen LogP contribution < -0.4 is 4.90 Å². The van der Waals surface area contributed by atoms with Crippen molar-refractivity contribution in [2.24, 2.45) is 0 Å². The van der Waals surface area contributed by atoms with Crippen LogP contribution in [0.4, 0.5) is 5.69 Å². The lowest BCUT2D eigenvalue weighted by atomic mass is 10.1. The first-order valence-electron chi connectivity index (χ1n) is 4.43. The third-order valence-corrected chi connectivity index (χ3v) is 2.26. The van der Waals surface area contributed by atoms with Gasteiger partial charge in [0.15, 0.2) is 0 Å². The highest BCUT2D eigenvalue weighted by Crippen LogP contribution is 2.24. The fourth-order valence-corrected chi connectivity index (χ4v) is 1.63. The number of allylic oxidation sites excluding steroid dienone is 1. The molecule has 0 spiro atoms. The van der Waals surface area contributed by atoms with Gasteiger partial charge in [-0.15, -0.1) is 0 Å². The Morgan fingerprint density at radius 1 is 1.33 bits per heavy atom. The number of fused-ring (bicyclic) bond motifs is 1. The van der Waals surface area contributed by atoms with Gasteiger partial charge in [-0.2, -0.15) is 0 Å². The number of anilines is 1. The zero-order valence-corrected chi connectivity index (χ0v) is 7.33. The summed E-state index contributed by atoms with van der Waals surface area (Å²) in [4.78, 5) is 2.28. The standard InChI is InChI=1S/C11H13N/c1-2-12-9-5-7-10-6-3-4-8-11(10)12/h3-6,8-9H,2,7H2,1H3. The number of hydrogen-bond acceptors (Lipinski definition) is 1. The lowest BCUT2D eigenvalue weighted by molar-refractivity contribution is 0.973. The van der Waals surface area contributed by atoms with Gasteiger partial charge in [0.05, 0.1) is 0 Å². The Bertz CT molecular complexity index is 302. The third-order valence-electron chi connectivity index (χ3n) is 2.26. The van der Waals surface area contributed by atoms with E-state index in [0.29, 0.717) is 0 Å². The van der Waals surface area contributed by atoms with Gasteiger partial charge in [0.1, 0.15) is 0 Å². The van der Waals surface area contributed by atoms with Crippen LogP contribution >= 0.6 is 0 Å². The molecule has 0 aliphatic carbocycles. The molecule has 1 aromatic carbocycles. The Labute approximate surface area is 73.3 Å². The Balaban J connectivity index is 2.43. The van der Waals surface area contributed by atoms with E-state index in [4.69, 9.17) is 0 Å². The van der Waals surface area contributed by atoms with Gasteiger partial charge in [-0.25, -0.2) is 0 Å². The van der Waals surface area contributed by atoms with E-state index >= 15 is 0 Å². The third kappa shape index (κ3) is 1.11. The first-order valence-corrected chi connectivity index (χ1v) is 4.43. The molecule has 12 heavy (non-hydrogen) atoms.